The predicted molar refractivity (Wildman–Crippen MR) is 225 cm³/mol. The fourth-order valence-electron chi connectivity index (χ4n) is 7.82. The average molecular weight is 700 g/mol. The van der Waals surface area contributed by atoms with Gasteiger partial charge in [0, 0.05) is 68.1 Å². The number of hydrogen-bond acceptors (Lipinski definition) is 4. The molecular weight excluding hydrogens is 671 g/mol. The summed E-state index contributed by atoms with van der Waals surface area (Å²) in [5, 5.41) is 7.43. The second-order valence-corrected chi connectivity index (χ2v) is 15.4. The number of fused-ring (bicyclic) bond motifs is 9. The van der Waals surface area contributed by atoms with Crippen molar-refractivity contribution in [1.82, 2.24) is 0 Å². The van der Waals surface area contributed by atoms with Gasteiger partial charge in [0.05, 0.1) is 5.69 Å². The first-order chi connectivity index (χ1) is 25.8. The maximum atomic E-state index is 6.95. The molecule has 0 aliphatic carbocycles. The predicted octanol–water partition coefficient (Wildman–Crippen LogP) is 15.1. The fraction of sp³-hybridized carbons (Fsp3) is 0. The van der Waals surface area contributed by atoms with Gasteiger partial charge in [-0.05, 0) is 71.3 Å². The van der Waals surface area contributed by atoms with Crippen LogP contribution in [0.2, 0.25) is 0 Å². The molecule has 0 aliphatic heterocycles. The maximum Gasteiger partial charge on any atom is 0.159 e. The number of furan rings is 1. The van der Waals surface area contributed by atoms with Crippen LogP contribution in [0.1, 0.15) is 0 Å². The number of thiophene rings is 2. The molecule has 52 heavy (non-hydrogen) atoms. The van der Waals surface area contributed by atoms with Crippen molar-refractivity contribution in [3.8, 4) is 22.3 Å². The van der Waals surface area contributed by atoms with E-state index in [2.05, 4.69) is 181 Å². The van der Waals surface area contributed by atoms with E-state index >= 15 is 0 Å². The van der Waals surface area contributed by atoms with Crippen LogP contribution < -0.4 is 4.90 Å². The van der Waals surface area contributed by atoms with Crippen molar-refractivity contribution in [3.05, 3.63) is 176 Å². The van der Waals surface area contributed by atoms with Crippen molar-refractivity contribution in [1.29, 1.82) is 0 Å². The van der Waals surface area contributed by atoms with Gasteiger partial charge in [-0.1, -0.05) is 121 Å². The monoisotopic (exact) mass is 699 g/mol. The number of nitrogens with zero attached hydrogens (tertiary/aromatic N) is 1. The zero-order valence-corrected chi connectivity index (χ0v) is 29.5. The lowest BCUT2D eigenvalue weighted by molar-refractivity contribution is 0.670. The summed E-state index contributed by atoms with van der Waals surface area (Å²) in [5.74, 6) is 0. The molecule has 0 atom stereocenters. The Morgan fingerprint density at radius 1 is 0.346 bits per heavy atom. The molecule has 0 N–H and O–H groups in total. The van der Waals surface area contributed by atoms with E-state index in [4.69, 9.17) is 4.42 Å². The molecule has 0 aliphatic rings. The molecule has 3 heterocycles. The quantitative estimate of drug-likeness (QED) is 0.178. The third-order valence-corrected chi connectivity index (χ3v) is 12.6. The molecule has 0 spiro atoms. The van der Waals surface area contributed by atoms with Crippen molar-refractivity contribution >= 4 is 102 Å². The Morgan fingerprint density at radius 3 is 1.75 bits per heavy atom. The highest BCUT2D eigenvalue weighted by Gasteiger charge is 2.21. The highest BCUT2D eigenvalue weighted by Crippen LogP contribution is 2.46. The van der Waals surface area contributed by atoms with Crippen molar-refractivity contribution < 1.29 is 4.42 Å². The minimum absolute atomic E-state index is 0.871. The molecular formula is C48H29NOS2. The van der Waals surface area contributed by atoms with E-state index in [0.29, 0.717) is 0 Å². The first-order valence-electron chi connectivity index (χ1n) is 17.5. The highest BCUT2D eigenvalue weighted by atomic mass is 32.1. The van der Waals surface area contributed by atoms with Gasteiger partial charge in [-0.15, -0.1) is 22.7 Å². The number of para-hydroxylation sites is 2. The van der Waals surface area contributed by atoms with Gasteiger partial charge in [0.2, 0.25) is 0 Å². The van der Waals surface area contributed by atoms with Gasteiger partial charge in [-0.3, -0.25) is 0 Å². The first kappa shape index (κ1) is 29.5. The second kappa shape index (κ2) is 11.7. The van der Waals surface area contributed by atoms with E-state index in [0.717, 1.165) is 50.1 Å². The largest absolute Gasteiger partial charge is 0.453 e. The molecule has 11 rings (SSSR count). The maximum absolute atomic E-state index is 6.95. The molecule has 0 fully saturated rings. The summed E-state index contributed by atoms with van der Waals surface area (Å²) in [6.07, 6.45) is 0. The van der Waals surface area contributed by atoms with Gasteiger partial charge >= 0.3 is 0 Å². The standard InChI is InChI=1S/C48H29NOS2/c1-2-10-31(11-3-1)35-14-8-15-39-40-16-9-17-42(48(40)50-47(35)39)49(34-25-26-38-36-12-4-6-18-43(36)52-46(38)29-34)33-23-20-30(21-24-33)32-22-27-45-41(28-32)37-13-5-7-19-44(37)51-45/h1-29H. The van der Waals surface area contributed by atoms with Gasteiger partial charge in [0.1, 0.15) is 5.58 Å². The molecule has 8 aromatic carbocycles. The summed E-state index contributed by atoms with van der Waals surface area (Å²) in [6, 6.07) is 63.6. The molecule has 0 saturated carbocycles. The summed E-state index contributed by atoms with van der Waals surface area (Å²) in [7, 11) is 0. The van der Waals surface area contributed by atoms with Crippen LogP contribution in [0.25, 0.3) is 84.5 Å². The third kappa shape index (κ3) is 4.62. The molecule has 0 radical (unpaired) electrons. The topological polar surface area (TPSA) is 16.4 Å². The van der Waals surface area contributed by atoms with Crippen LogP contribution in [0, 0.1) is 0 Å². The molecule has 3 aromatic heterocycles. The van der Waals surface area contributed by atoms with Gasteiger partial charge in [-0.2, -0.15) is 0 Å². The Labute approximate surface area is 308 Å². The lowest BCUT2D eigenvalue weighted by Gasteiger charge is -2.26. The summed E-state index contributed by atoms with van der Waals surface area (Å²) in [6.45, 7) is 0. The Morgan fingerprint density at radius 2 is 0.942 bits per heavy atom. The van der Waals surface area contributed by atoms with Crippen LogP contribution >= 0.6 is 22.7 Å². The second-order valence-electron chi connectivity index (χ2n) is 13.3. The van der Waals surface area contributed by atoms with E-state index in [-0.39, 0.29) is 0 Å². The average Bonchev–Trinajstić information content (AvgIpc) is 3.90. The molecule has 244 valence electrons. The molecule has 0 amide bonds. The SMILES string of the molecule is c1ccc(-c2cccc3c2oc2c(N(c4ccc(-c5ccc6sc7ccccc7c6c5)cc4)c4ccc5c(c4)sc4ccccc45)cccc23)cc1. The number of hydrogen-bond donors (Lipinski definition) is 0. The Balaban J connectivity index is 1.10. The Hall–Kier alpha value is -6.20. The van der Waals surface area contributed by atoms with Crippen LogP contribution in [-0.4, -0.2) is 0 Å². The van der Waals surface area contributed by atoms with Crippen LogP contribution in [0.15, 0.2) is 180 Å². The molecule has 11 aromatic rings. The number of rotatable bonds is 5. The zero-order chi connectivity index (χ0) is 34.2. The highest BCUT2D eigenvalue weighted by molar-refractivity contribution is 7.26. The summed E-state index contributed by atoms with van der Waals surface area (Å²) < 4.78 is 12.2. The van der Waals surface area contributed by atoms with Gasteiger partial charge in [-0.25, -0.2) is 0 Å². The Kier molecular flexibility index (Phi) is 6.63. The van der Waals surface area contributed by atoms with Crippen molar-refractivity contribution in [2.45, 2.75) is 0 Å². The van der Waals surface area contributed by atoms with E-state index in [1.807, 2.05) is 22.7 Å². The van der Waals surface area contributed by atoms with Crippen LogP contribution in [-0.2, 0) is 0 Å². The fourth-order valence-corrected chi connectivity index (χ4v) is 10.0. The van der Waals surface area contributed by atoms with Crippen LogP contribution in [0.5, 0.6) is 0 Å². The van der Waals surface area contributed by atoms with E-state index in [9.17, 15) is 0 Å². The van der Waals surface area contributed by atoms with Crippen molar-refractivity contribution in [2.75, 3.05) is 4.90 Å². The van der Waals surface area contributed by atoms with Crippen LogP contribution in [0.4, 0.5) is 17.1 Å². The minimum Gasteiger partial charge on any atom is -0.453 e. The van der Waals surface area contributed by atoms with E-state index in [1.54, 1.807) is 0 Å². The van der Waals surface area contributed by atoms with Crippen molar-refractivity contribution in [2.24, 2.45) is 0 Å². The van der Waals surface area contributed by atoms with Crippen molar-refractivity contribution in [3.63, 3.8) is 0 Å². The van der Waals surface area contributed by atoms with Gasteiger partial charge in [0.25, 0.3) is 0 Å². The summed E-state index contributed by atoms with van der Waals surface area (Å²) in [4.78, 5) is 2.36. The summed E-state index contributed by atoms with van der Waals surface area (Å²) >= 11 is 3.70. The molecule has 0 bridgehead atoms. The van der Waals surface area contributed by atoms with Gasteiger partial charge in [0.15, 0.2) is 5.58 Å². The van der Waals surface area contributed by atoms with Crippen LogP contribution in [0.3, 0.4) is 0 Å². The smallest absolute Gasteiger partial charge is 0.159 e. The first-order valence-corrected chi connectivity index (χ1v) is 19.1. The molecule has 4 heteroatoms. The minimum atomic E-state index is 0.871. The lowest BCUT2D eigenvalue weighted by Crippen LogP contribution is -2.10. The molecule has 0 unspecified atom stereocenters. The van der Waals surface area contributed by atoms with E-state index in [1.165, 1.54) is 51.5 Å². The third-order valence-electron chi connectivity index (χ3n) is 10.3. The van der Waals surface area contributed by atoms with Gasteiger partial charge < -0.3 is 9.32 Å². The number of anilines is 3. The Bertz CT molecular complexity index is 3130. The molecule has 0 saturated heterocycles. The lowest BCUT2D eigenvalue weighted by atomic mass is 10.0. The summed E-state index contributed by atoms with van der Waals surface area (Å²) in [5.41, 5.74) is 9.59. The molecule has 2 nitrogen and oxygen atoms in total. The van der Waals surface area contributed by atoms with E-state index < -0.39 is 0 Å². The zero-order valence-electron chi connectivity index (χ0n) is 27.9. The normalized spacial score (nSPS) is 11.8. The number of benzene rings is 8.